The fraction of sp³-hybridized carbons (Fsp3) is 0.737. The van der Waals surface area contributed by atoms with Crippen LogP contribution in [0.2, 0.25) is 0 Å². The lowest BCUT2D eigenvalue weighted by atomic mass is 9.99. The Morgan fingerprint density at radius 3 is 2.60 bits per heavy atom. The lowest BCUT2D eigenvalue weighted by Crippen LogP contribution is -2.39. The summed E-state index contributed by atoms with van der Waals surface area (Å²) < 4.78 is 2.00. The molecule has 3 heterocycles. The lowest BCUT2D eigenvalue weighted by molar-refractivity contribution is 0.0676. The molecule has 2 aliphatic heterocycles. The average Bonchev–Trinajstić information content (AvgIpc) is 3.01. The van der Waals surface area contributed by atoms with Crippen molar-refractivity contribution in [2.24, 2.45) is 5.92 Å². The number of nitrogens with zero attached hydrogens (tertiary/aromatic N) is 4. The number of hydrogen-bond acceptors (Lipinski definition) is 3. The second kappa shape index (κ2) is 7.58. The first-order valence-corrected chi connectivity index (χ1v) is 9.74. The quantitative estimate of drug-likeness (QED) is 0.842. The van der Waals surface area contributed by atoms with Gasteiger partial charge in [0.25, 0.3) is 11.8 Å². The zero-order chi connectivity index (χ0) is 18.0. The zero-order valence-corrected chi connectivity index (χ0v) is 15.8. The van der Waals surface area contributed by atoms with Gasteiger partial charge in [-0.25, -0.2) is 4.98 Å². The zero-order valence-electron chi connectivity index (χ0n) is 15.8. The van der Waals surface area contributed by atoms with Gasteiger partial charge in [-0.15, -0.1) is 0 Å². The Labute approximate surface area is 150 Å². The van der Waals surface area contributed by atoms with Crippen LogP contribution in [0.3, 0.4) is 0 Å². The Hall–Kier alpha value is -1.85. The van der Waals surface area contributed by atoms with Gasteiger partial charge >= 0.3 is 0 Å². The molecule has 1 fully saturated rings. The lowest BCUT2D eigenvalue weighted by Gasteiger charge is -2.30. The summed E-state index contributed by atoms with van der Waals surface area (Å²) in [4.78, 5) is 34.2. The second-order valence-corrected chi connectivity index (χ2v) is 7.32. The molecule has 138 valence electrons. The van der Waals surface area contributed by atoms with Gasteiger partial charge in [0.05, 0.1) is 5.69 Å². The van der Waals surface area contributed by atoms with Crippen LogP contribution in [0.25, 0.3) is 0 Å². The number of piperidine rings is 1. The molecule has 1 aromatic rings. The van der Waals surface area contributed by atoms with E-state index < -0.39 is 0 Å². The molecule has 1 aromatic heterocycles. The van der Waals surface area contributed by atoms with Gasteiger partial charge in [-0.3, -0.25) is 9.59 Å². The van der Waals surface area contributed by atoms with Crippen molar-refractivity contribution in [3.8, 4) is 0 Å². The van der Waals surface area contributed by atoms with Crippen molar-refractivity contribution in [2.75, 3.05) is 26.2 Å². The third-order valence-corrected chi connectivity index (χ3v) is 5.51. The monoisotopic (exact) mass is 346 g/mol. The van der Waals surface area contributed by atoms with Crippen LogP contribution in [0.1, 0.15) is 73.3 Å². The molecule has 3 rings (SSSR count). The first-order chi connectivity index (χ1) is 12.1. The summed E-state index contributed by atoms with van der Waals surface area (Å²) in [5, 5.41) is 0. The topological polar surface area (TPSA) is 58.4 Å². The largest absolute Gasteiger partial charge is 0.337 e. The van der Waals surface area contributed by atoms with E-state index in [0.29, 0.717) is 30.5 Å². The molecule has 0 aromatic carbocycles. The van der Waals surface area contributed by atoms with E-state index in [9.17, 15) is 9.59 Å². The van der Waals surface area contributed by atoms with E-state index in [1.54, 1.807) is 4.90 Å². The SMILES string of the molecule is CCN(CC)C(=O)c1nc(C(=O)N2CCCC(C)C2)c2n1CCCC2. The number of amides is 2. The van der Waals surface area contributed by atoms with E-state index in [-0.39, 0.29) is 11.8 Å². The van der Waals surface area contributed by atoms with Crippen molar-refractivity contribution in [2.45, 2.75) is 59.4 Å². The average molecular weight is 346 g/mol. The molecular weight excluding hydrogens is 316 g/mol. The summed E-state index contributed by atoms with van der Waals surface area (Å²) >= 11 is 0. The molecule has 2 aliphatic rings. The summed E-state index contributed by atoms with van der Waals surface area (Å²) in [6.45, 7) is 9.84. The first kappa shape index (κ1) is 18.0. The number of rotatable bonds is 4. The highest BCUT2D eigenvalue weighted by Crippen LogP contribution is 2.25. The molecule has 1 atom stereocenters. The molecule has 0 spiro atoms. The Balaban J connectivity index is 1.94. The minimum atomic E-state index is -0.0563. The molecule has 6 heteroatoms. The van der Waals surface area contributed by atoms with Crippen molar-refractivity contribution in [1.82, 2.24) is 19.4 Å². The van der Waals surface area contributed by atoms with Crippen molar-refractivity contribution in [3.63, 3.8) is 0 Å². The van der Waals surface area contributed by atoms with E-state index in [1.165, 1.54) is 6.42 Å². The number of likely N-dealkylation sites (tertiary alicyclic amines) is 1. The van der Waals surface area contributed by atoms with Crippen LogP contribution in [0.5, 0.6) is 0 Å². The number of aromatic nitrogens is 2. The molecule has 0 N–H and O–H groups in total. The minimum Gasteiger partial charge on any atom is -0.337 e. The smallest absolute Gasteiger partial charge is 0.289 e. The van der Waals surface area contributed by atoms with Gasteiger partial charge in [0.2, 0.25) is 0 Å². The van der Waals surface area contributed by atoms with Gasteiger partial charge in [0.1, 0.15) is 5.69 Å². The summed E-state index contributed by atoms with van der Waals surface area (Å²) in [7, 11) is 0. The van der Waals surface area contributed by atoms with Crippen molar-refractivity contribution in [1.29, 1.82) is 0 Å². The highest BCUT2D eigenvalue weighted by Gasteiger charge is 2.32. The van der Waals surface area contributed by atoms with Gasteiger partial charge in [-0.05, 0) is 51.9 Å². The molecular formula is C19H30N4O2. The predicted molar refractivity (Wildman–Crippen MR) is 96.7 cm³/mol. The molecule has 25 heavy (non-hydrogen) atoms. The standard InChI is InChI=1S/C19H30N4O2/c1-4-21(5-2)19(25)17-20-16(15-10-6-7-12-23(15)17)18(24)22-11-8-9-14(3)13-22/h14H,4-13H2,1-3H3. The van der Waals surface area contributed by atoms with E-state index >= 15 is 0 Å². The molecule has 0 radical (unpaired) electrons. The van der Waals surface area contributed by atoms with Gasteiger partial charge in [-0.2, -0.15) is 0 Å². The molecule has 2 amide bonds. The predicted octanol–water partition coefficient (Wildman–Crippen LogP) is 2.57. The maximum atomic E-state index is 13.1. The van der Waals surface area contributed by atoms with E-state index in [2.05, 4.69) is 11.9 Å². The Morgan fingerprint density at radius 2 is 1.92 bits per heavy atom. The molecule has 1 unspecified atom stereocenters. The van der Waals surface area contributed by atoms with Crippen molar-refractivity contribution >= 4 is 11.8 Å². The maximum absolute atomic E-state index is 13.1. The third-order valence-electron chi connectivity index (χ3n) is 5.51. The Morgan fingerprint density at radius 1 is 1.16 bits per heavy atom. The Kier molecular flexibility index (Phi) is 5.45. The molecule has 0 saturated carbocycles. The fourth-order valence-electron chi connectivity index (χ4n) is 4.05. The fourth-order valence-corrected chi connectivity index (χ4v) is 4.05. The number of hydrogen-bond donors (Lipinski definition) is 0. The second-order valence-electron chi connectivity index (χ2n) is 7.32. The maximum Gasteiger partial charge on any atom is 0.289 e. The highest BCUT2D eigenvalue weighted by atomic mass is 16.2. The van der Waals surface area contributed by atoms with Crippen LogP contribution in [-0.2, 0) is 13.0 Å². The van der Waals surface area contributed by atoms with Gasteiger partial charge in [0, 0.05) is 32.7 Å². The minimum absolute atomic E-state index is 0.01000. The van der Waals surface area contributed by atoms with E-state index in [0.717, 1.165) is 51.0 Å². The summed E-state index contributed by atoms with van der Waals surface area (Å²) in [5.41, 5.74) is 1.48. The van der Waals surface area contributed by atoms with Gasteiger partial charge in [0.15, 0.2) is 5.82 Å². The van der Waals surface area contributed by atoms with Crippen molar-refractivity contribution in [3.05, 3.63) is 17.2 Å². The number of carbonyl (C=O) groups is 2. The Bertz CT molecular complexity index is 648. The summed E-state index contributed by atoms with van der Waals surface area (Å²) in [6, 6.07) is 0. The van der Waals surface area contributed by atoms with Crippen LogP contribution in [0.15, 0.2) is 0 Å². The van der Waals surface area contributed by atoms with Crippen LogP contribution in [-0.4, -0.2) is 57.3 Å². The van der Waals surface area contributed by atoms with E-state index in [4.69, 9.17) is 0 Å². The van der Waals surface area contributed by atoms with Crippen LogP contribution < -0.4 is 0 Å². The van der Waals surface area contributed by atoms with Gasteiger partial charge in [-0.1, -0.05) is 6.92 Å². The number of carbonyl (C=O) groups excluding carboxylic acids is 2. The van der Waals surface area contributed by atoms with Crippen LogP contribution >= 0.6 is 0 Å². The van der Waals surface area contributed by atoms with Crippen LogP contribution in [0, 0.1) is 5.92 Å². The molecule has 0 aliphatic carbocycles. The summed E-state index contributed by atoms with van der Waals surface area (Å²) in [5.74, 6) is 0.940. The third kappa shape index (κ3) is 3.44. The number of fused-ring (bicyclic) bond motifs is 1. The normalized spacial score (nSPS) is 20.3. The molecule has 1 saturated heterocycles. The van der Waals surface area contributed by atoms with Crippen molar-refractivity contribution < 1.29 is 9.59 Å². The first-order valence-electron chi connectivity index (χ1n) is 9.74. The highest BCUT2D eigenvalue weighted by molar-refractivity contribution is 5.97. The van der Waals surface area contributed by atoms with Crippen LogP contribution in [0.4, 0.5) is 0 Å². The van der Waals surface area contributed by atoms with E-state index in [1.807, 2.05) is 23.3 Å². The number of imidazole rings is 1. The van der Waals surface area contributed by atoms with Gasteiger partial charge < -0.3 is 14.4 Å². The molecule has 6 nitrogen and oxygen atoms in total. The summed E-state index contributed by atoms with van der Waals surface area (Å²) in [6.07, 6.45) is 5.16. The molecule has 0 bridgehead atoms.